The molecule has 3 aliphatic rings. The second-order valence-electron chi connectivity index (χ2n) is 13.5. The van der Waals surface area contributed by atoms with Crippen molar-refractivity contribution in [3.05, 3.63) is 17.7 Å². The van der Waals surface area contributed by atoms with Gasteiger partial charge in [0.05, 0.1) is 23.9 Å². The Morgan fingerprint density at radius 1 is 1.16 bits per heavy atom. The van der Waals surface area contributed by atoms with Gasteiger partial charge in [-0.3, -0.25) is 9.59 Å². The molecule has 0 aromatic rings. The normalized spacial score (nSPS) is 27.5. The molecule has 2 fully saturated rings. The highest BCUT2D eigenvalue weighted by Crippen LogP contribution is 2.37. The predicted octanol–water partition coefficient (Wildman–Crippen LogP) is 5.29. The van der Waals surface area contributed by atoms with Crippen molar-refractivity contribution in [2.24, 2.45) is 34.4 Å². The highest BCUT2D eigenvalue weighted by atomic mass is 16.5. The molecule has 1 saturated carbocycles. The van der Waals surface area contributed by atoms with Crippen molar-refractivity contribution in [1.82, 2.24) is 5.32 Å². The molecule has 9 heteroatoms. The van der Waals surface area contributed by atoms with Gasteiger partial charge in [-0.15, -0.1) is 4.99 Å². The summed E-state index contributed by atoms with van der Waals surface area (Å²) < 4.78 is 16.4. The number of aliphatic hydroxyl groups is 1. The summed E-state index contributed by atoms with van der Waals surface area (Å²) in [6, 6.07) is 0. The third kappa shape index (κ3) is 12.5. The Labute approximate surface area is 266 Å². The molecule has 0 radical (unpaired) electrons. The maximum absolute atomic E-state index is 13.0. The number of nitrogens with zero attached hydrogens (tertiary/aromatic N) is 1. The molecular weight excluding hydrogens is 558 g/mol. The van der Waals surface area contributed by atoms with E-state index in [-0.39, 0.29) is 36.5 Å². The van der Waals surface area contributed by atoms with Crippen molar-refractivity contribution < 1.29 is 28.9 Å². The smallest absolute Gasteiger partial charge is 0.302 e. The number of ether oxygens (including phenoxy) is 3. The number of aliphatic hydroxyl groups excluding tert-OH is 1. The number of rotatable bonds is 20. The number of nitrogens with one attached hydrogen (secondary N) is 1. The van der Waals surface area contributed by atoms with Gasteiger partial charge in [0.2, 0.25) is 0 Å². The summed E-state index contributed by atoms with van der Waals surface area (Å²) in [7, 11) is 3.40. The number of methoxy groups -OCH3 is 2. The minimum absolute atomic E-state index is 0.0711. The molecule has 0 aromatic heterocycles. The number of esters is 1. The van der Waals surface area contributed by atoms with Crippen molar-refractivity contribution in [2.45, 2.75) is 135 Å². The van der Waals surface area contributed by atoms with Crippen molar-refractivity contribution in [3.8, 4) is 0 Å². The monoisotopic (exact) mass is 618 g/mol. The lowest BCUT2D eigenvalue weighted by Gasteiger charge is -2.34. The van der Waals surface area contributed by atoms with E-state index in [1.807, 2.05) is 6.21 Å². The first-order valence-corrected chi connectivity index (χ1v) is 17.2. The highest BCUT2D eigenvalue weighted by molar-refractivity contribution is 5.84. The van der Waals surface area contributed by atoms with Gasteiger partial charge in [-0.25, -0.2) is 0 Å². The van der Waals surface area contributed by atoms with Gasteiger partial charge >= 0.3 is 5.97 Å². The number of ketones is 1. The third-order valence-electron chi connectivity index (χ3n) is 10.2. The fourth-order valence-electron chi connectivity index (χ4n) is 7.49. The fourth-order valence-corrected chi connectivity index (χ4v) is 7.49. The zero-order valence-corrected chi connectivity index (χ0v) is 27.8. The fraction of sp³-hybridized carbons (Fsp3) is 0.829. The number of allylic oxidation sites excluding steroid dienone is 1. The molecule has 44 heavy (non-hydrogen) atoms. The summed E-state index contributed by atoms with van der Waals surface area (Å²) in [4.78, 5) is 29.4. The number of hydrogen-bond acceptors (Lipinski definition) is 9. The summed E-state index contributed by atoms with van der Waals surface area (Å²) in [5, 5.41) is 13.5. The van der Waals surface area contributed by atoms with Crippen LogP contribution in [-0.4, -0.2) is 74.9 Å². The van der Waals surface area contributed by atoms with E-state index in [9.17, 15) is 14.7 Å². The number of piperidine rings is 1. The molecule has 1 aliphatic carbocycles. The predicted molar refractivity (Wildman–Crippen MR) is 174 cm³/mol. The zero-order chi connectivity index (χ0) is 31.9. The molecule has 4 N–H and O–H groups in total. The molecule has 0 bridgehead atoms. The third-order valence-corrected chi connectivity index (χ3v) is 10.2. The highest BCUT2D eigenvalue weighted by Gasteiger charge is 2.33. The average Bonchev–Trinajstić information content (AvgIpc) is 3.44. The minimum Gasteiger partial charge on any atom is -0.462 e. The Kier molecular flexibility index (Phi) is 16.4. The number of carbonyl (C=O) groups excluding carboxylic acids is 2. The summed E-state index contributed by atoms with van der Waals surface area (Å²) in [5.41, 5.74) is 8.94. The van der Waals surface area contributed by atoms with E-state index in [0.717, 1.165) is 83.8 Å². The van der Waals surface area contributed by atoms with E-state index in [1.165, 1.54) is 18.1 Å². The summed E-state index contributed by atoms with van der Waals surface area (Å²) >= 11 is 0. The standard InChI is InChI=1S/C35H60N3O6/c1-5-25(9-12-32(44-24(2)39)21-31(40)11-8-26-10-13-33(41)34(18-26)43-4)17-29-22-37-23-30(29)19-27(7-6-16-42-3)28-14-15-38-35(36)20-28/h22-23,25-28,32-35,38,41H,5-21,36H2,1-4H3/q+1/t25-,26?,27+,28?,32-,33?,34?,35?/m1/s1. The Bertz CT molecular complexity index is 939. The summed E-state index contributed by atoms with van der Waals surface area (Å²) in [5.74, 6) is 1.76. The van der Waals surface area contributed by atoms with Crippen LogP contribution in [0.3, 0.4) is 0 Å². The van der Waals surface area contributed by atoms with Crippen LogP contribution in [0.4, 0.5) is 0 Å². The molecule has 0 spiro atoms. The lowest BCUT2D eigenvalue weighted by atomic mass is 9.77. The van der Waals surface area contributed by atoms with Gasteiger partial charge in [0, 0.05) is 53.4 Å². The summed E-state index contributed by atoms with van der Waals surface area (Å²) in [6.07, 6.45) is 14.0. The zero-order valence-electron chi connectivity index (χ0n) is 27.8. The molecule has 5 unspecified atom stereocenters. The maximum atomic E-state index is 13.0. The van der Waals surface area contributed by atoms with Gasteiger partial charge in [-0.1, -0.05) is 13.3 Å². The Morgan fingerprint density at radius 2 is 1.98 bits per heavy atom. The largest absolute Gasteiger partial charge is 0.462 e. The lowest BCUT2D eigenvalue weighted by Crippen LogP contribution is -2.45. The number of carbonyl (C=O) groups is 2. The first-order chi connectivity index (χ1) is 21.2. The van der Waals surface area contributed by atoms with Gasteiger partial charge in [0.25, 0.3) is 0 Å². The Morgan fingerprint density at radius 3 is 2.68 bits per heavy atom. The van der Waals surface area contributed by atoms with Crippen LogP contribution in [0.2, 0.25) is 0 Å². The van der Waals surface area contributed by atoms with Gasteiger partial charge < -0.3 is 30.4 Å². The first-order valence-electron chi connectivity index (χ1n) is 17.2. The molecule has 3 rings (SSSR count). The van der Waals surface area contributed by atoms with Crippen molar-refractivity contribution in [2.75, 3.05) is 27.4 Å². The molecule has 8 atom stereocenters. The molecule has 2 aliphatic heterocycles. The number of nitrogens with two attached hydrogens (primary N) is 1. The number of hydrogen-bond donors (Lipinski definition) is 3. The molecule has 0 amide bonds. The number of Topliss-reactive ketones (excluding diaryl/α,β-unsaturated/α-hetero) is 1. The van der Waals surface area contributed by atoms with Crippen LogP contribution in [-0.2, 0) is 23.8 Å². The molecule has 250 valence electrons. The van der Waals surface area contributed by atoms with Gasteiger partial charge in [0.1, 0.15) is 24.0 Å². The van der Waals surface area contributed by atoms with Crippen LogP contribution >= 0.6 is 0 Å². The van der Waals surface area contributed by atoms with E-state index >= 15 is 0 Å². The molecule has 1 saturated heterocycles. The SMILES string of the molecule is CC[C@H](CC[C@H](CC(=O)CCC1CCC(O)C(OC)C1)OC(C)=O)CC1=C(C[C@H](CCCOC)C2CCNC(N)C2)[CH+]N=C1. The first kappa shape index (κ1) is 36.7. The molecule has 0 aromatic carbocycles. The van der Waals surface area contributed by atoms with Crippen LogP contribution in [0.25, 0.3) is 0 Å². The average molecular weight is 619 g/mol. The van der Waals surface area contributed by atoms with Crippen LogP contribution in [0, 0.1) is 30.2 Å². The van der Waals surface area contributed by atoms with E-state index in [0.29, 0.717) is 42.9 Å². The van der Waals surface area contributed by atoms with Crippen molar-refractivity contribution in [3.63, 3.8) is 0 Å². The van der Waals surface area contributed by atoms with Gasteiger partial charge in [-0.05, 0) is 94.4 Å². The van der Waals surface area contributed by atoms with E-state index < -0.39 is 6.10 Å². The van der Waals surface area contributed by atoms with Crippen molar-refractivity contribution in [1.29, 1.82) is 0 Å². The molecule has 9 nitrogen and oxygen atoms in total. The Balaban J connectivity index is 1.54. The van der Waals surface area contributed by atoms with Crippen LogP contribution in [0.15, 0.2) is 16.1 Å². The van der Waals surface area contributed by atoms with Crippen LogP contribution in [0.1, 0.15) is 110 Å². The van der Waals surface area contributed by atoms with Gasteiger partial charge in [-0.2, -0.15) is 0 Å². The van der Waals surface area contributed by atoms with E-state index in [4.69, 9.17) is 19.9 Å². The quantitative estimate of drug-likeness (QED) is 0.0953. The minimum atomic E-state index is -0.414. The van der Waals surface area contributed by atoms with Crippen LogP contribution in [0.5, 0.6) is 0 Å². The second-order valence-corrected chi connectivity index (χ2v) is 13.5. The van der Waals surface area contributed by atoms with Crippen molar-refractivity contribution >= 4 is 18.0 Å². The maximum Gasteiger partial charge on any atom is 0.302 e. The Hall–Kier alpha value is -1.78. The van der Waals surface area contributed by atoms with E-state index in [2.05, 4.69) is 23.8 Å². The topological polar surface area (TPSA) is 132 Å². The lowest BCUT2D eigenvalue weighted by molar-refractivity contribution is -0.148. The van der Waals surface area contributed by atoms with E-state index in [1.54, 1.807) is 14.2 Å². The number of aliphatic imine (C=N–C) groups is 1. The second kappa shape index (κ2) is 19.7. The van der Waals surface area contributed by atoms with Gasteiger partial charge in [0.15, 0.2) is 6.21 Å². The molecule has 2 heterocycles. The summed E-state index contributed by atoms with van der Waals surface area (Å²) in [6.45, 7) is 7.44. The molecular formula is C35H60N3O6+. The van der Waals surface area contributed by atoms with Crippen LogP contribution < -0.4 is 11.1 Å².